The maximum Gasteiger partial charge on any atom is 0.517 e. The van der Waals surface area contributed by atoms with Gasteiger partial charge < -0.3 is 5.02 Å². The topological polar surface area (TPSA) is 49.7 Å². The van der Waals surface area contributed by atoms with Gasteiger partial charge in [0.05, 0.1) is 0 Å². The molecule has 78 valence electrons. The Hall–Kier alpha value is -1.94. The molecule has 0 radical (unpaired) electrons. The Morgan fingerprint density at radius 1 is 0.875 bits per heavy atom. The normalized spacial score (nSPS) is 9.81. The Morgan fingerprint density at radius 2 is 1.44 bits per heavy atom. The number of hydrogen-bond acceptors (Lipinski definition) is 3. The highest BCUT2D eigenvalue weighted by Gasteiger charge is 2.14. The molecule has 0 heterocycles. The van der Waals surface area contributed by atoms with Crippen LogP contribution in [0.4, 0.5) is 0 Å². The molecule has 3 nitrogen and oxygen atoms in total. The van der Waals surface area contributed by atoms with Crippen LogP contribution >= 0.6 is 0 Å². The van der Waals surface area contributed by atoms with Gasteiger partial charge in [-0.25, -0.2) is 0 Å². The van der Waals surface area contributed by atoms with Crippen molar-refractivity contribution in [3.63, 3.8) is 0 Å². The minimum absolute atomic E-state index is 0.509. The van der Waals surface area contributed by atoms with Gasteiger partial charge in [-0.05, 0) is 16.6 Å². The third kappa shape index (κ3) is 2.17. The minimum Gasteiger partial charge on any atom is -0.425 e. The second kappa shape index (κ2) is 4.72. The lowest BCUT2D eigenvalue weighted by molar-refractivity contribution is 0.587. The average molecular weight is 211 g/mol. The molecule has 0 spiro atoms. The largest absolute Gasteiger partial charge is 0.517 e. The number of benzene rings is 2. The zero-order chi connectivity index (χ0) is 11.4. The van der Waals surface area contributed by atoms with Gasteiger partial charge in [-0.1, -0.05) is 59.7 Å². The highest BCUT2D eigenvalue weighted by molar-refractivity contribution is 6.64. The molecule has 0 unspecified atom stereocenters. The fraction of sp³-hybridized carbons (Fsp3) is 0. The standard InChI is InChI=1S/C12H10BNO2/c15-13(14-16)12-8-6-11(7-9-12)10-4-2-1-3-5-10/h1-9,15H. The number of hydrogen-bond donors (Lipinski definition) is 1. The van der Waals surface area contributed by atoms with Crippen molar-refractivity contribution in [1.29, 1.82) is 0 Å². The van der Waals surface area contributed by atoms with Crippen LogP contribution in [-0.4, -0.2) is 12.1 Å². The average Bonchev–Trinajstić information content (AvgIpc) is 2.39. The Balaban J connectivity index is 2.30. The lowest BCUT2D eigenvalue weighted by Crippen LogP contribution is -2.27. The molecule has 0 saturated carbocycles. The zero-order valence-corrected chi connectivity index (χ0v) is 8.58. The predicted octanol–water partition coefficient (Wildman–Crippen LogP) is 1.81. The SMILES string of the molecule is O=NB(O)c1ccc(-c2ccccc2)cc1. The van der Waals surface area contributed by atoms with Gasteiger partial charge in [-0.2, -0.15) is 4.91 Å². The van der Waals surface area contributed by atoms with E-state index in [1.807, 2.05) is 42.5 Å². The maximum atomic E-state index is 10.2. The Labute approximate surface area is 93.9 Å². The smallest absolute Gasteiger partial charge is 0.425 e. The first-order valence-corrected chi connectivity index (χ1v) is 4.97. The molecule has 0 aliphatic heterocycles. The first-order valence-electron chi connectivity index (χ1n) is 4.97. The highest BCUT2D eigenvalue weighted by Crippen LogP contribution is 2.17. The Morgan fingerprint density at radius 3 is 2.00 bits per heavy atom. The van der Waals surface area contributed by atoms with Crippen molar-refractivity contribution in [3.8, 4) is 11.1 Å². The van der Waals surface area contributed by atoms with Gasteiger partial charge in [-0.15, -0.1) is 0 Å². The van der Waals surface area contributed by atoms with E-state index in [1.165, 1.54) is 0 Å². The van der Waals surface area contributed by atoms with Gasteiger partial charge in [0.2, 0.25) is 0 Å². The van der Waals surface area contributed by atoms with Crippen LogP contribution < -0.4 is 5.46 Å². The summed E-state index contributed by atoms with van der Waals surface area (Å²) in [5, 5.41) is 11.8. The molecule has 2 aromatic rings. The molecule has 2 aromatic carbocycles. The van der Waals surface area contributed by atoms with E-state index in [9.17, 15) is 9.93 Å². The molecule has 0 aliphatic carbocycles. The molecule has 0 aromatic heterocycles. The first-order chi connectivity index (χ1) is 7.81. The summed E-state index contributed by atoms with van der Waals surface area (Å²) in [6, 6.07) is 17.0. The molecular formula is C12H10BNO2. The third-order valence-corrected chi connectivity index (χ3v) is 2.42. The van der Waals surface area contributed by atoms with Crippen LogP contribution in [0.5, 0.6) is 0 Å². The van der Waals surface area contributed by atoms with Crippen LogP contribution in [0.3, 0.4) is 0 Å². The predicted molar refractivity (Wildman–Crippen MR) is 65.3 cm³/mol. The van der Waals surface area contributed by atoms with E-state index in [2.05, 4.69) is 5.09 Å². The lowest BCUT2D eigenvalue weighted by Gasteiger charge is -2.02. The van der Waals surface area contributed by atoms with E-state index >= 15 is 0 Å². The van der Waals surface area contributed by atoms with Gasteiger partial charge in [0.1, 0.15) is 0 Å². The van der Waals surface area contributed by atoms with Crippen molar-refractivity contribution in [1.82, 2.24) is 0 Å². The fourth-order valence-corrected chi connectivity index (χ4v) is 1.54. The molecule has 2 rings (SSSR count). The van der Waals surface area contributed by atoms with E-state index in [0.717, 1.165) is 11.1 Å². The Kier molecular flexibility index (Phi) is 3.12. The molecule has 0 amide bonds. The van der Waals surface area contributed by atoms with Crippen molar-refractivity contribution in [2.24, 2.45) is 5.09 Å². The van der Waals surface area contributed by atoms with E-state index < -0.39 is 7.05 Å². The quantitative estimate of drug-likeness (QED) is 0.621. The third-order valence-electron chi connectivity index (χ3n) is 2.42. The van der Waals surface area contributed by atoms with Crippen molar-refractivity contribution >= 4 is 12.5 Å². The van der Waals surface area contributed by atoms with Crippen molar-refractivity contribution < 1.29 is 5.02 Å². The van der Waals surface area contributed by atoms with E-state index in [0.29, 0.717) is 5.46 Å². The van der Waals surface area contributed by atoms with E-state index in [4.69, 9.17) is 0 Å². The minimum atomic E-state index is -1.27. The summed E-state index contributed by atoms with van der Waals surface area (Å²) < 4.78 is 0. The Bertz CT molecular complexity index is 470. The molecule has 0 fully saturated rings. The summed E-state index contributed by atoms with van der Waals surface area (Å²) >= 11 is 0. The summed E-state index contributed by atoms with van der Waals surface area (Å²) in [5.74, 6) is 0. The summed E-state index contributed by atoms with van der Waals surface area (Å²) in [7, 11) is -1.27. The van der Waals surface area contributed by atoms with Crippen molar-refractivity contribution in [3.05, 3.63) is 59.5 Å². The van der Waals surface area contributed by atoms with E-state index in [1.54, 1.807) is 12.1 Å². The molecular weight excluding hydrogens is 201 g/mol. The van der Waals surface area contributed by atoms with Crippen LogP contribution in [0.1, 0.15) is 0 Å². The van der Waals surface area contributed by atoms with Gasteiger partial charge >= 0.3 is 7.05 Å². The summed E-state index contributed by atoms with van der Waals surface area (Å²) in [6.07, 6.45) is 0. The van der Waals surface area contributed by atoms with Gasteiger partial charge in [0, 0.05) is 0 Å². The second-order valence-electron chi connectivity index (χ2n) is 3.47. The number of rotatable bonds is 3. The molecule has 4 heteroatoms. The maximum absolute atomic E-state index is 10.2. The van der Waals surface area contributed by atoms with Gasteiger partial charge in [-0.3, -0.25) is 0 Å². The summed E-state index contributed by atoms with van der Waals surface area (Å²) in [6.45, 7) is 0. The van der Waals surface area contributed by atoms with Crippen LogP contribution in [0.2, 0.25) is 0 Å². The van der Waals surface area contributed by atoms with E-state index in [-0.39, 0.29) is 0 Å². The highest BCUT2D eigenvalue weighted by atomic mass is 16.3. The summed E-state index contributed by atoms with van der Waals surface area (Å²) in [5.41, 5.74) is 2.65. The van der Waals surface area contributed by atoms with Gasteiger partial charge in [0.15, 0.2) is 0 Å². The second-order valence-corrected chi connectivity index (χ2v) is 3.47. The fourth-order valence-electron chi connectivity index (χ4n) is 1.54. The number of nitroso groups, excluding NO2 is 1. The molecule has 0 atom stereocenters. The monoisotopic (exact) mass is 211 g/mol. The van der Waals surface area contributed by atoms with Crippen molar-refractivity contribution in [2.75, 3.05) is 0 Å². The lowest BCUT2D eigenvalue weighted by atomic mass is 9.75. The van der Waals surface area contributed by atoms with Crippen LogP contribution in [0, 0.1) is 4.91 Å². The molecule has 0 aliphatic rings. The van der Waals surface area contributed by atoms with Crippen LogP contribution in [0.15, 0.2) is 59.7 Å². The molecule has 1 N–H and O–H groups in total. The van der Waals surface area contributed by atoms with Gasteiger partial charge in [0.25, 0.3) is 0 Å². The molecule has 0 bridgehead atoms. The zero-order valence-electron chi connectivity index (χ0n) is 8.58. The summed E-state index contributed by atoms with van der Waals surface area (Å²) in [4.78, 5) is 10.2. The number of nitrogens with zero attached hydrogens (tertiary/aromatic N) is 1. The molecule has 16 heavy (non-hydrogen) atoms. The van der Waals surface area contributed by atoms with Crippen LogP contribution in [-0.2, 0) is 0 Å². The van der Waals surface area contributed by atoms with Crippen LogP contribution in [0.25, 0.3) is 11.1 Å². The molecule has 0 saturated heterocycles. The van der Waals surface area contributed by atoms with Crippen molar-refractivity contribution in [2.45, 2.75) is 0 Å². The first kappa shape index (κ1) is 10.6.